The van der Waals surface area contributed by atoms with E-state index in [-0.39, 0.29) is 29.2 Å². The van der Waals surface area contributed by atoms with Crippen molar-refractivity contribution in [3.05, 3.63) is 48.0 Å². The van der Waals surface area contributed by atoms with Gasteiger partial charge in [-0.25, -0.2) is 4.79 Å². The van der Waals surface area contributed by atoms with Crippen LogP contribution in [0.1, 0.15) is 24.8 Å². The third-order valence-corrected chi connectivity index (χ3v) is 5.30. The fourth-order valence-electron chi connectivity index (χ4n) is 3.27. The first-order valence-corrected chi connectivity index (χ1v) is 10.4. The van der Waals surface area contributed by atoms with E-state index >= 15 is 0 Å². The van der Waals surface area contributed by atoms with Crippen LogP contribution in [0.15, 0.2) is 42.5 Å². The minimum atomic E-state index is -5.08. The number of carbonyl (C=O) groups is 3. The maximum atomic E-state index is 12.7. The molecule has 0 aromatic heterocycles. The van der Waals surface area contributed by atoms with Gasteiger partial charge in [0, 0.05) is 25.7 Å². The van der Waals surface area contributed by atoms with E-state index in [0.717, 1.165) is 5.56 Å². The molecule has 2 heterocycles. The molecular formula is C22H28F3N3O5. The van der Waals surface area contributed by atoms with Gasteiger partial charge in [-0.1, -0.05) is 42.5 Å². The minimum Gasteiger partial charge on any atom is -0.475 e. The number of nitrogens with one attached hydrogen (secondary N) is 3. The Morgan fingerprint density at radius 3 is 2.33 bits per heavy atom. The van der Waals surface area contributed by atoms with Gasteiger partial charge in [0.05, 0.1) is 24.5 Å². The lowest BCUT2D eigenvalue weighted by atomic mass is 9.77. The van der Waals surface area contributed by atoms with Gasteiger partial charge in [-0.05, 0) is 18.9 Å². The number of carbonyl (C=O) groups excluding carboxylic acids is 2. The van der Waals surface area contributed by atoms with E-state index < -0.39 is 12.1 Å². The molecule has 33 heavy (non-hydrogen) atoms. The number of alkyl halides is 3. The number of halogens is 3. The highest BCUT2D eigenvalue weighted by molar-refractivity contribution is 5.85. The highest BCUT2D eigenvalue weighted by Gasteiger charge is 2.43. The summed E-state index contributed by atoms with van der Waals surface area (Å²) in [4.78, 5) is 34.2. The molecule has 3 rings (SSSR count). The predicted molar refractivity (Wildman–Crippen MR) is 113 cm³/mol. The second-order valence-electron chi connectivity index (χ2n) is 7.98. The van der Waals surface area contributed by atoms with Gasteiger partial charge in [-0.2, -0.15) is 13.2 Å². The normalized spacial score (nSPS) is 24.7. The summed E-state index contributed by atoms with van der Waals surface area (Å²) in [7, 11) is 0. The summed E-state index contributed by atoms with van der Waals surface area (Å²) >= 11 is 0. The van der Waals surface area contributed by atoms with Gasteiger partial charge >= 0.3 is 12.1 Å². The first-order chi connectivity index (χ1) is 15.5. The molecule has 1 fully saturated rings. The van der Waals surface area contributed by atoms with E-state index in [1.165, 1.54) is 0 Å². The van der Waals surface area contributed by atoms with Crippen LogP contribution in [0.25, 0.3) is 0 Å². The Bertz CT molecular complexity index is 841. The summed E-state index contributed by atoms with van der Waals surface area (Å²) in [5.74, 6) is -3.16. The molecule has 2 atom stereocenters. The van der Waals surface area contributed by atoms with Crippen LogP contribution in [0.3, 0.4) is 0 Å². The topological polar surface area (TPSA) is 117 Å². The van der Waals surface area contributed by atoms with Crippen molar-refractivity contribution < 1.29 is 37.4 Å². The lowest BCUT2D eigenvalue weighted by molar-refractivity contribution is -0.192. The van der Waals surface area contributed by atoms with Crippen LogP contribution >= 0.6 is 0 Å². The molecule has 0 bridgehead atoms. The molecule has 2 aliphatic rings. The lowest BCUT2D eigenvalue weighted by Crippen LogP contribution is -2.62. The number of amides is 2. The van der Waals surface area contributed by atoms with Crippen molar-refractivity contribution in [1.82, 2.24) is 16.0 Å². The first kappa shape index (κ1) is 26.3. The van der Waals surface area contributed by atoms with E-state index in [2.05, 4.69) is 16.0 Å². The zero-order valence-corrected chi connectivity index (χ0v) is 18.2. The van der Waals surface area contributed by atoms with E-state index in [0.29, 0.717) is 39.3 Å². The van der Waals surface area contributed by atoms with Crippen molar-refractivity contribution >= 4 is 17.8 Å². The van der Waals surface area contributed by atoms with Crippen LogP contribution < -0.4 is 16.0 Å². The van der Waals surface area contributed by atoms with Crippen molar-refractivity contribution in [2.45, 2.75) is 31.5 Å². The van der Waals surface area contributed by atoms with Crippen molar-refractivity contribution in [3.63, 3.8) is 0 Å². The van der Waals surface area contributed by atoms with Crippen LogP contribution in [0.4, 0.5) is 13.2 Å². The highest BCUT2D eigenvalue weighted by Crippen LogP contribution is 2.28. The fourth-order valence-corrected chi connectivity index (χ4v) is 3.27. The Balaban J connectivity index is 0.000000479. The second-order valence-corrected chi connectivity index (χ2v) is 7.98. The average molecular weight is 471 g/mol. The molecule has 0 radical (unpaired) electrons. The lowest BCUT2D eigenvalue weighted by Gasteiger charge is -2.41. The summed E-state index contributed by atoms with van der Waals surface area (Å²) in [6, 6.07) is 9.51. The third kappa shape index (κ3) is 7.86. The van der Waals surface area contributed by atoms with Gasteiger partial charge in [0.1, 0.15) is 0 Å². The summed E-state index contributed by atoms with van der Waals surface area (Å²) < 4.78 is 37.5. The molecule has 1 aromatic rings. The zero-order valence-electron chi connectivity index (χ0n) is 18.2. The van der Waals surface area contributed by atoms with Crippen LogP contribution in [-0.2, 0) is 19.1 Å². The molecule has 1 spiro atoms. The molecule has 0 aliphatic carbocycles. The van der Waals surface area contributed by atoms with Crippen LogP contribution in [-0.4, -0.2) is 68.0 Å². The van der Waals surface area contributed by atoms with Crippen LogP contribution in [0.2, 0.25) is 0 Å². The molecule has 8 nitrogen and oxygen atoms in total. The van der Waals surface area contributed by atoms with E-state index in [1.54, 1.807) is 0 Å². The predicted octanol–water partition coefficient (Wildman–Crippen LogP) is 1.59. The van der Waals surface area contributed by atoms with E-state index in [4.69, 9.17) is 14.6 Å². The van der Waals surface area contributed by atoms with Crippen molar-refractivity contribution in [3.8, 4) is 0 Å². The first-order valence-electron chi connectivity index (χ1n) is 10.4. The van der Waals surface area contributed by atoms with Gasteiger partial charge in [0.25, 0.3) is 0 Å². The monoisotopic (exact) mass is 471 g/mol. The third-order valence-electron chi connectivity index (χ3n) is 5.30. The number of rotatable bonds is 1. The van der Waals surface area contributed by atoms with Gasteiger partial charge in [0.15, 0.2) is 0 Å². The highest BCUT2D eigenvalue weighted by atomic mass is 19.4. The molecule has 2 amide bonds. The minimum absolute atomic E-state index is 0.0419. The Kier molecular flexibility index (Phi) is 9.42. The molecule has 4 N–H and O–H groups in total. The summed E-state index contributed by atoms with van der Waals surface area (Å²) in [5, 5.41) is 16.3. The van der Waals surface area contributed by atoms with Gasteiger partial charge in [0.2, 0.25) is 11.8 Å². The Labute approximate surface area is 189 Å². The van der Waals surface area contributed by atoms with Crippen molar-refractivity contribution in [2.75, 3.05) is 32.8 Å². The summed E-state index contributed by atoms with van der Waals surface area (Å²) in [6.07, 6.45) is -0.451. The Hall–Kier alpha value is -2.92. The molecule has 1 aromatic carbocycles. The number of hydrogen-bond acceptors (Lipinski definition) is 5. The summed E-state index contributed by atoms with van der Waals surface area (Å²) in [6.45, 7) is 4.42. The van der Waals surface area contributed by atoms with Crippen LogP contribution in [0.5, 0.6) is 0 Å². The second kappa shape index (κ2) is 11.8. The number of hydrogen-bond donors (Lipinski definition) is 4. The number of carboxylic acid groups (broad SMARTS) is 1. The fraction of sp³-hybridized carbons (Fsp3) is 0.500. The van der Waals surface area contributed by atoms with E-state index in [1.807, 2.05) is 49.4 Å². The molecular weight excluding hydrogens is 443 g/mol. The van der Waals surface area contributed by atoms with Gasteiger partial charge in [-0.15, -0.1) is 0 Å². The van der Waals surface area contributed by atoms with Gasteiger partial charge in [-0.3, -0.25) is 9.59 Å². The quantitative estimate of drug-likeness (QED) is 0.463. The smallest absolute Gasteiger partial charge is 0.475 e. The molecule has 1 saturated heterocycles. The molecule has 0 saturated carbocycles. The number of carboxylic acids is 1. The Morgan fingerprint density at radius 2 is 1.79 bits per heavy atom. The molecule has 1 unspecified atom stereocenters. The average Bonchev–Trinajstić information content (AvgIpc) is 2.72. The number of allylic oxidation sites excluding steroid dienone is 1. The van der Waals surface area contributed by atoms with Gasteiger partial charge < -0.3 is 25.8 Å². The SMILES string of the molecule is C[C@@H]1CNC(=O)C(c2ccccc2)COC/C=C/CC2(CNC2)C(=O)N1.O=C(O)C(F)(F)F. The largest absolute Gasteiger partial charge is 0.490 e. The zero-order chi connectivity index (χ0) is 24.5. The molecule has 182 valence electrons. The number of aliphatic carboxylic acids is 1. The molecule has 2 aliphatic heterocycles. The van der Waals surface area contributed by atoms with Crippen molar-refractivity contribution in [1.29, 1.82) is 0 Å². The maximum absolute atomic E-state index is 12.7. The van der Waals surface area contributed by atoms with Crippen LogP contribution in [0, 0.1) is 5.41 Å². The molecule has 11 heteroatoms. The summed E-state index contributed by atoms with van der Waals surface area (Å²) in [5.41, 5.74) is 0.545. The van der Waals surface area contributed by atoms with E-state index in [9.17, 15) is 22.8 Å². The number of benzene rings is 1. The number of ether oxygens (including phenoxy) is 1. The maximum Gasteiger partial charge on any atom is 0.490 e. The Morgan fingerprint density at radius 1 is 1.15 bits per heavy atom. The van der Waals surface area contributed by atoms with Crippen molar-refractivity contribution in [2.24, 2.45) is 5.41 Å². The standard InChI is InChI=1S/C20H27N3O3.C2HF3O2/c1-15-11-22-18(24)17(16-7-3-2-4-8-16)12-26-10-6-5-9-20(13-21-14-20)19(25)23-15;3-2(4,5)1(6)7/h2-8,15,17,21H,9-14H2,1H3,(H,22,24)(H,23,25);(H,6,7)/b6-5+;/t15-,17?;/m1./s1.